The number of thiophene rings is 1. The van der Waals surface area contributed by atoms with Crippen molar-refractivity contribution in [3.8, 4) is 11.5 Å². The van der Waals surface area contributed by atoms with Gasteiger partial charge < -0.3 is 14.4 Å². The first kappa shape index (κ1) is 17.8. The summed E-state index contributed by atoms with van der Waals surface area (Å²) >= 11 is 1.65. The number of ether oxygens (including phenoxy) is 2. The Hall–Kier alpha value is -2.01. The van der Waals surface area contributed by atoms with Crippen LogP contribution in [0.15, 0.2) is 29.6 Å². The molecule has 0 saturated carbocycles. The van der Waals surface area contributed by atoms with Gasteiger partial charge in [-0.15, -0.1) is 11.3 Å². The van der Waals surface area contributed by atoms with Crippen LogP contribution >= 0.6 is 11.3 Å². The Kier molecular flexibility index (Phi) is 5.63. The van der Waals surface area contributed by atoms with Crippen LogP contribution in [0.2, 0.25) is 0 Å². The van der Waals surface area contributed by atoms with Gasteiger partial charge in [0.1, 0.15) is 0 Å². The second-order valence-corrected chi connectivity index (χ2v) is 7.41. The molecule has 0 aliphatic heterocycles. The number of hydrogen-bond acceptors (Lipinski definition) is 4. The summed E-state index contributed by atoms with van der Waals surface area (Å²) in [5.74, 6) is 1.74. The van der Waals surface area contributed by atoms with Crippen LogP contribution < -0.4 is 9.47 Å². The van der Waals surface area contributed by atoms with Crippen molar-refractivity contribution >= 4 is 17.2 Å². The van der Waals surface area contributed by atoms with Gasteiger partial charge in [0.05, 0.1) is 20.6 Å². The molecule has 1 heterocycles. The predicted octanol–water partition coefficient (Wildman–Crippen LogP) is 3.71. The number of benzene rings is 1. The number of methoxy groups -OCH3 is 2. The highest BCUT2D eigenvalue weighted by molar-refractivity contribution is 7.10. The molecule has 1 aromatic heterocycles. The number of carbonyl (C=O) groups is 1. The van der Waals surface area contributed by atoms with Gasteiger partial charge in [-0.2, -0.15) is 0 Å². The molecular weight excluding hydrogens is 334 g/mol. The summed E-state index contributed by atoms with van der Waals surface area (Å²) in [7, 11) is 3.31. The second kappa shape index (κ2) is 7.91. The lowest BCUT2D eigenvalue weighted by Gasteiger charge is -2.28. The van der Waals surface area contributed by atoms with Crippen LogP contribution in [-0.4, -0.2) is 37.6 Å². The lowest BCUT2D eigenvalue weighted by atomic mass is 10.1. The summed E-state index contributed by atoms with van der Waals surface area (Å²) in [6.07, 6.45) is 3.23. The summed E-state index contributed by atoms with van der Waals surface area (Å²) in [5, 5.41) is 2.02. The molecule has 134 valence electrons. The van der Waals surface area contributed by atoms with Crippen molar-refractivity contribution in [2.75, 3.05) is 20.8 Å². The van der Waals surface area contributed by atoms with Crippen LogP contribution in [0.5, 0.6) is 11.5 Å². The maximum absolute atomic E-state index is 12.9. The van der Waals surface area contributed by atoms with E-state index in [0.29, 0.717) is 6.42 Å². The minimum atomic E-state index is 0.222. The van der Waals surface area contributed by atoms with Gasteiger partial charge in [-0.05, 0) is 54.0 Å². The number of fused-ring (bicyclic) bond motifs is 1. The van der Waals surface area contributed by atoms with Crippen LogP contribution in [0.25, 0.3) is 0 Å². The highest BCUT2D eigenvalue weighted by atomic mass is 32.1. The number of carbonyl (C=O) groups excluding carboxylic acids is 1. The molecule has 1 aromatic carbocycles. The van der Waals surface area contributed by atoms with Crippen molar-refractivity contribution in [3.63, 3.8) is 0 Å². The van der Waals surface area contributed by atoms with Crippen molar-refractivity contribution in [2.45, 2.75) is 38.6 Å². The normalized spacial score (nSPS) is 13.6. The number of amides is 1. The highest BCUT2D eigenvalue weighted by Crippen LogP contribution is 2.36. The van der Waals surface area contributed by atoms with Gasteiger partial charge in [-0.1, -0.05) is 13.0 Å². The van der Waals surface area contributed by atoms with E-state index in [1.54, 1.807) is 25.6 Å². The van der Waals surface area contributed by atoms with E-state index < -0.39 is 0 Å². The average Bonchev–Trinajstić information content (AvgIpc) is 3.26. The molecule has 2 aromatic rings. The molecule has 0 fully saturated rings. The van der Waals surface area contributed by atoms with E-state index in [9.17, 15) is 4.79 Å². The van der Waals surface area contributed by atoms with Crippen LogP contribution in [0.1, 0.15) is 29.3 Å². The summed E-state index contributed by atoms with van der Waals surface area (Å²) in [6, 6.07) is 8.37. The van der Waals surface area contributed by atoms with Crippen molar-refractivity contribution in [2.24, 2.45) is 0 Å². The van der Waals surface area contributed by atoms with Crippen molar-refractivity contribution in [1.29, 1.82) is 0 Å². The number of hydrogen-bond donors (Lipinski definition) is 0. The third-order valence-electron chi connectivity index (χ3n) is 4.75. The molecule has 1 aliphatic rings. The lowest BCUT2D eigenvalue weighted by Crippen LogP contribution is -2.42. The van der Waals surface area contributed by atoms with Crippen molar-refractivity contribution in [3.05, 3.63) is 45.6 Å². The van der Waals surface area contributed by atoms with E-state index in [1.165, 1.54) is 11.1 Å². The van der Waals surface area contributed by atoms with Crippen LogP contribution in [0.4, 0.5) is 0 Å². The van der Waals surface area contributed by atoms with Gasteiger partial charge >= 0.3 is 0 Å². The SMILES string of the molecule is CCCN(C(=O)Cc1cccs1)C1Cc2cc(OC)c(OC)cc2C1. The number of rotatable bonds is 7. The Morgan fingerprint density at radius 1 is 1.20 bits per heavy atom. The summed E-state index contributed by atoms with van der Waals surface area (Å²) in [5.41, 5.74) is 2.51. The first-order chi connectivity index (χ1) is 12.2. The molecular formula is C20H25NO3S. The molecule has 0 N–H and O–H groups in total. The van der Waals surface area contributed by atoms with E-state index in [0.717, 1.165) is 42.2 Å². The Balaban J connectivity index is 1.78. The first-order valence-corrected chi connectivity index (χ1v) is 9.59. The quantitative estimate of drug-likeness (QED) is 0.756. The van der Waals surface area contributed by atoms with Crippen molar-refractivity contribution < 1.29 is 14.3 Å². The average molecular weight is 359 g/mol. The summed E-state index contributed by atoms with van der Waals surface area (Å²) in [6.45, 7) is 2.93. The summed E-state index contributed by atoms with van der Waals surface area (Å²) < 4.78 is 10.8. The minimum absolute atomic E-state index is 0.222. The zero-order chi connectivity index (χ0) is 17.8. The Labute approximate surface area is 153 Å². The molecule has 25 heavy (non-hydrogen) atoms. The Morgan fingerprint density at radius 2 is 1.84 bits per heavy atom. The fourth-order valence-corrected chi connectivity index (χ4v) is 4.25. The van der Waals surface area contributed by atoms with Gasteiger partial charge in [-0.3, -0.25) is 4.79 Å². The molecule has 0 saturated heterocycles. The van der Waals surface area contributed by atoms with Gasteiger partial charge in [0.2, 0.25) is 5.91 Å². The monoisotopic (exact) mass is 359 g/mol. The third kappa shape index (κ3) is 3.82. The first-order valence-electron chi connectivity index (χ1n) is 8.71. The lowest BCUT2D eigenvalue weighted by molar-refractivity contribution is -0.132. The fourth-order valence-electron chi connectivity index (χ4n) is 3.56. The smallest absolute Gasteiger partial charge is 0.228 e. The van der Waals surface area contributed by atoms with Crippen LogP contribution in [0, 0.1) is 0 Å². The Morgan fingerprint density at radius 3 is 2.32 bits per heavy atom. The van der Waals surface area contributed by atoms with E-state index in [4.69, 9.17) is 9.47 Å². The topological polar surface area (TPSA) is 38.8 Å². The number of nitrogens with zero attached hydrogens (tertiary/aromatic N) is 1. The van der Waals surface area contributed by atoms with Gasteiger partial charge in [-0.25, -0.2) is 0 Å². The maximum atomic E-state index is 12.9. The predicted molar refractivity (Wildman–Crippen MR) is 101 cm³/mol. The molecule has 5 heteroatoms. The Bertz CT molecular complexity index is 694. The van der Waals surface area contributed by atoms with E-state index in [-0.39, 0.29) is 11.9 Å². The van der Waals surface area contributed by atoms with Crippen LogP contribution in [-0.2, 0) is 24.1 Å². The standard InChI is InChI=1S/C20H25NO3S/c1-4-7-21(20(22)13-17-6-5-8-25-17)16-9-14-11-18(23-2)19(24-3)12-15(14)10-16/h5-6,8,11-12,16H,4,7,9-10,13H2,1-3H3. The summed E-state index contributed by atoms with van der Waals surface area (Å²) in [4.78, 5) is 16.1. The second-order valence-electron chi connectivity index (χ2n) is 6.38. The van der Waals surface area contributed by atoms with Gasteiger partial charge in [0, 0.05) is 17.5 Å². The van der Waals surface area contributed by atoms with E-state index in [1.807, 2.05) is 17.5 Å². The molecule has 0 atom stereocenters. The molecule has 0 bridgehead atoms. The molecule has 0 radical (unpaired) electrons. The molecule has 1 aliphatic carbocycles. The molecule has 0 unspecified atom stereocenters. The maximum Gasteiger partial charge on any atom is 0.228 e. The fraction of sp³-hybridized carbons (Fsp3) is 0.450. The minimum Gasteiger partial charge on any atom is -0.493 e. The largest absolute Gasteiger partial charge is 0.493 e. The molecule has 0 spiro atoms. The third-order valence-corrected chi connectivity index (χ3v) is 5.62. The zero-order valence-electron chi connectivity index (χ0n) is 15.1. The van der Waals surface area contributed by atoms with Crippen molar-refractivity contribution in [1.82, 2.24) is 4.90 Å². The molecule has 1 amide bonds. The highest BCUT2D eigenvalue weighted by Gasteiger charge is 2.30. The van der Waals surface area contributed by atoms with Gasteiger partial charge in [0.15, 0.2) is 11.5 Å². The zero-order valence-corrected chi connectivity index (χ0v) is 15.9. The van der Waals surface area contributed by atoms with E-state index >= 15 is 0 Å². The molecule has 3 rings (SSSR count). The molecule has 4 nitrogen and oxygen atoms in total. The van der Waals surface area contributed by atoms with Gasteiger partial charge in [0.25, 0.3) is 0 Å². The van der Waals surface area contributed by atoms with E-state index in [2.05, 4.69) is 24.0 Å². The van der Waals surface area contributed by atoms with Crippen LogP contribution in [0.3, 0.4) is 0 Å².